The number of hydrogen-bond donors (Lipinski definition) is 1. The molecule has 0 atom stereocenters. The SMILES string of the molecule is CN1CCc2cc(CC(C)(C)O)ccc21. The number of fused-ring (bicyclic) bond motifs is 1. The average molecular weight is 205 g/mol. The van der Waals surface area contributed by atoms with Crippen LogP contribution >= 0.6 is 0 Å². The monoisotopic (exact) mass is 205 g/mol. The lowest BCUT2D eigenvalue weighted by atomic mass is 9.97. The van der Waals surface area contributed by atoms with Gasteiger partial charge in [0.2, 0.25) is 0 Å². The van der Waals surface area contributed by atoms with E-state index in [1.807, 2.05) is 13.8 Å². The van der Waals surface area contributed by atoms with Gasteiger partial charge in [-0.25, -0.2) is 0 Å². The molecule has 0 aromatic heterocycles. The first-order chi connectivity index (χ1) is 6.96. The lowest BCUT2D eigenvalue weighted by Crippen LogP contribution is -2.21. The molecular formula is C13H19NO. The molecule has 0 radical (unpaired) electrons. The van der Waals surface area contributed by atoms with Gasteiger partial charge in [0, 0.05) is 25.7 Å². The number of anilines is 1. The maximum absolute atomic E-state index is 9.76. The lowest BCUT2D eigenvalue weighted by molar-refractivity contribution is 0.0810. The quantitative estimate of drug-likeness (QED) is 0.798. The molecule has 1 N–H and O–H groups in total. The number of hydrogen-bond acceptors (Lipinski definition) is 2. The fourth-order valence-corrected chi connectivity index (χ4v) is 2.23. The first kappa shape index (κ1) is 10.5. The molecule has 15 heavy (non-hydrogen) atoms. The Morgan fingerprint density at radius 3 is 2.80 bits per heavy atom. The Morgan fingerprint density at radius 2 is 2.13 bits per heavy atom. The second kappa shape index (κ2) is 3.53. The molecule has 2 nitrogen and oxygen atoms in total. The number of benzene rings is 1. The molecule has 82 valence electrons. The van der Waals surface area contributed by atoms with Crippen LogP contribution in [0.3, 0.4) is 0 Å². The van der Waals surface area contributed by atoms with E-state index in [0.29, 0.717) is 0 Å². The van der Waals surface area contributed by atoms with Crippen LogP contribution in [0.1, 0.15) is 25.0 Å². The third-order valence-corrected chi connectivity index (χ3v) is 2.91. The van der Waals surface area contributed by atoms with Crippen molar-refractivity contribution in [1.29, 1.82) is 0 Å². The highest BCUT2D eigenvalue weighted by Crippen LogP contribution is 2.28. The molecule has 0 amide bonds. The highest BCUT2D eigenvalue weighted by molar-refractivity contribution is 5.58. The molecule has 1 aliphatic rings. The number of nitrogens with zero attached hydrogens (tertiary/aromatic N) is 1. The molecule has 1 aromatic rings. The van der Waals surface area contributed by atoms with E-state index in [9.17, 15) is 5.11 Å². The summed E-state index contributed by atoms with van der Waals surface area (Å²) in [4.78, 5) is 2.28. The van der Waals surface area contributed by atoms with Crippen LogP contribution in [0.25, 0.3) is 0 Å². The van der Waals surface area contributed by atoms with Crippen molar-refractivity contribution >= 4 is 5.69 Å². The minimum Gasteiger partial charge on any atom is -0.390 e. The van der Waals surface area contributed by atoms with Crippen molar-refractivity contribution in [2.45, 2.75) is 32.3 Å². The Hall–Kier alpha value is -1.02. The summed E-state index contributed by atoms with van der Waals surface area (Å²) in [6, 6.07) is 6.53. The molecule has 1 aliphatic heterocycles. The van der Waals surface area contributed by atoms with Gasteiger partial charge in [-0.1, -0.05) is 12.1 Å². The van der Waals surface area contributed by atoms with Gasteiger partial charge in [-0.15, -0.1) is 0 Å². The van der Waals surface area contributed by atoms with E-state index in [0.717, 1.165) is 19.4 Å². The van der Waals surface area contributed by atoms with Crippen LogP contribution in [0.4, 0.5) is 5.69 Å². The number of rotatable bonds is 2. The predicted octanol–water partition coefficient (Wildman–Crippen LogP) is 1.99. The molecule has 0 spiro atoms. The van der Waals surface area contributed by atoms with Crippen molar-refractivity contribution in [2.24, 2.45) is 0 Å². The summed E-state index contributed by atoms with van der Waals surface area (Å²) in [7, 11) is 2.13. The zero-order valence-corrected chi connectivity index (χ0v) is 9.75. The largest absolute Gasteiger partial charge is 0.390 e. The highest BCUT2D eigenvalue weighted by Gasteiger charge is 2.18. The molecule has 2 rings (SSSR count). The predicted molar refractivity (Wildman–Crippen MR) is 63.4 cm³/mol. The zero-order chi connectivity index (χ0) is 11.1. The second-order valence-electron chi connectivity index (χ2n) is 5.12. The Morgan fingerprint density at radius 1 is 1.40 bits per heavy atom. The fraction of sp³-hybridized carbons (Fsp3) is 0.538. The van der Waals surface area contributed by atoms with E-state index in [-0.39, 0.29) is 0 Å². The van der Waals surface area contributed by atoms with Crippen molar-refractivity contribution in [3.8, 4) is 0 Å². The summed E-state index contributed by atoms with van der Waals surface area (Å²) >= 11 is 0. The minimum absolute atomic E-state index is 0.612. The third kappa shape index (κ3) is 2.32. The summed E-state index contributed by atoms with van der Waals surface area (Å²) < 4.78 is 0. The third-order valence-electron chi connectivity index (χ3n) is 2.91. The lowest BCUT2D eigenvalue weighted by Gasteiger charge is -2.18. The fourth-order valence-electron chi connectivity index (χ4n) is 2.23. The van der Waals surface area contributed by atoms with Gasteiger partial charge in [-0.2, -0.15) is 0 Å². The molecule has 0 unspecified atom stereocenters. The van der Waals surface area contributed by atoms with Gasteiger partial charge in [0.25, 0.3) is 0 Å². The number of likely N-dealkylation sites (N-methyl/N-ethyl adjacent to an activating group) is 1. The smallest absolute Gasteiger partial charge is 0.0631 e. The molecule has 0 saturated carbocycles. The van der Waals surface area contributed by atoms with Crippen LogP contribution in [0, 0.1) is 0 Å². The first-order valence-electron chi connectivity index (χ1n) is 5.51. The molecule has 1 aromatic carbocycles. The van der Waals surface area contributed by atoms with Crippen molar-refractivity contribution < 1.29 is 5.11 Å². The van der Waals surface area contributed by atoms with Crippen molar-refractivity contribution in [3.05, 3.63) is 29.3 Å². The van der Waals surface area contributed by atoms with Crippen LogP contribution < -0.4 is 4.90 Å². The summed E-state index contributed by atoms with van der Waals surface area (Å²) in [6.45, 7) is 4.82. The Labute approximate surface area is 91.5 Å². The first-order valence-corrected chi connectivity index (χ1v) is 5.51. The van der Waals surface area contributed by atoms with E-state index in [4.69, 9.17) is 0 Å². The van der Waals surface area contributed by atoms with Crippen LogP contribution in [-0.2, 0) is 12.8 Å². The summed E-state index contributed by atoms with van der Waals surface area (Å²) in [5, 5.41) is 9.76. The molecule has 0 saturated heterocycles. The molecule has 1 heterocycles. The number of aliphatic hydroxyl groups is 1. The van der Waals surface area contributed by atoms with Gasteiger partial charge >= 0.3 is 0 Å². The van der Waals surface area contributed by atoms with Gasteiger partial charge in [-0.05, 0) is 37.5 Å². The molecule has 0 fully saturated rings. The maximum atomic E-state index is 9.76. The Kier molecular flexibility index (Phi) is 2.47. The van der Waals surface area contributed by atoms with Crippen LogP contribution in [0.15, 0.2) is 18.2 Å². The van der Waals surface area contributed by atoms with Gasteiger partial charge in [0.05, 0.1) is 5.60 Å². The van der Waals surface area contributed by atoms with E-state index in [1.54, 1.807) is 0 Å². The van der Waals surface area contributed by atoms with E-state index >= 15 is 0 Å². The van der Waals surface area contributed by atoms with E-state index < -0.39 is 5.60 Å². The summed E-state index contributed by atoms with van der Waals surface area (Å²) in [6.07, 6.45) is 1.86. The van der Waals surface area contributed by atoms with Gasteiger partial charge in [0.15, 0.2) is 0 Å². The normalized spacial score (nSPS) is 15.6. The molecular weight excluding hydrogens is 186 g/mol. The summed E-state index contributed by atoms with van der Waals surface area (Å²) in [5.74, 6) is 0. The average Bonchev–Trinajstić information content (AvgIpc) is 2.45. The zero-order valence-electron chi connectivity index (χ0n) is 9.75. The highest BCUT2D eigenvalue weighted by atomic mass is 16.3. The molecule has 0 aliphatic carbocycles. The summed E-state index contributed by atoms with van der Waals surface area (Å²) in [5.41, 5.74) is 3.38. The minimum atomic E-state index is -0.612. The van der Waals surface area contributed by atoms with E-state index in [2.05, 4.69) is 30.1 Å². The maximum Gasteiger partial charge on any atom is 0.0631 e. The van der Waals surface area contributed by atoms with Crippen LogP contribution in [-0.4, -0.2) is 24.3 Å². The van der Waals surface area contributed by atoms with Gasteiger partial charge in [-0.3, -0.25) is 0 Å². The Balaban J connectivity index is 2.24. The second-order valence-corrected chi connectivity index (χ2v) is 5.12. The van der Waals surface area contributed by atoms with Crippen molar-refractivity contribution in [3.63, 3.8) is 0 Å². The van der Waals surface area contributed by atoms with Crippen LogP contribution in [0.2, 0.25) is 0 Å². The Bertz CT molecular complexity index is 365. The van der Waals surface area contributed by atoms with Crippen LogP contribution in [0.5, 0.6) is 0 Å². The molecule has 0 bridgehead atoms. The topological polar surface area (TPSA) is 23.5 Å². The standard InChI is InChI=1S/C13H19NO/c1-13(2,15)9-10-4-5-12-11(8-10)6-7-14(12)3/h4-5,8,15H,6-7,9H2,1-3H3. The van der Waals surface area contributed by atoms with Crippen molar-refractivity contribution in [1.82, 2.24) is 0 Å². The van der Waals surface area contributed by atoms with E-state index in [1.165, 1.54) is 16.8 Å². The molecule has 2 heteroatoms. The van der Waals surface area contributed by atoms with Gasteiger partial charge < -0.3 is 10.0 Å². The van der Waals surface area contributed by atoms with Gasteiger partial charge in [0.1, 0.15) is 0 Å². The van der Waals surface area contributed by atoms with Crippen molar-refractivity contribution in [2.75, 3.05) is 18.5 Å².